The van der Waals surface area contributed by atoms with E-state index in [1.807, 2.05) is 0 Å². The molecule has 0 aromatic carbocycles. The molecule has 13 heavy (non-hydrogen) atoms. The van der Waals surface area contributed by atoms with Crippen molar-refractivity contribution in [3.05, 3.63) is 23.0 Å². The molecule has 1 rings (SSSR count). The second kappa shape index (κ2) is 4.15. The second-order valence-corrected chi connectivity index (χ2v) is 4.43. The Kier molecular flexibility index (Phi) is 3.39. The summed E-state index contributed by atoms with van der Waals surface area (Å²) in [7, 11) is 0. The van der Waals surface area contributed by atoms with Crippen LogP contribution in [0.15, 0.2) is 23.0 Å². The number of nitrogens with one attached hydrogen (secondary N) is 1. The van der Waals surface area contributed by atoms with Crippen LogP contribution in [-0.4, -0.2) is 11.5 Å². The third-order valence-corrected chi connectivity index (χ3v) is 2.86. The summed E-state index contributed by atoms with van der Waals surface area (Å²) < 4.78 is 0. The number of rotatable bonds is 1. The number of alkyl halides is 1. The van der Waals surface area contributed by atoms with Crippen LogP contribution in [0.1, 0.15) is 13.8 Å². The second-order valence-electron chi connectivity index (χ2n) is 3.44. The van der Waals surface area contributed by atoms with Gasteiger partial charge >= 0.3 is 0 Å². The van der Waals surface area contributed by atoms with Gasteiger partial charge in [0.25, 0.3) is 0 Å². The molecule has 0 aromatic heterocycles. The highest BCUT2D eigenvalue weighted by Gasteiger charge is 2.15. The van der Waals surface area contributed by atoms with Gasteiger partial charge in [-0.15, -0.1) is 0 Å². The predicted molar refractivity (Wildman–Crippen MR) is 59.0 cm³/mol. The van der Waals surface area contributed by atoms with E-state index in [0.29, 0.717) is 11.7 Å². The van der Waals surface area contributed by atoms with Gasteiger partial charge in [-0.3, -0.25) is 0 Å². The zero-order valence-electron chi connectivity index (χ0n) is 7.97. The smallest absolute Gasteiger partial charge is 0.102 e. The van der Waals surface area contributed by atoms with Gasteiger partial charge in [0.1, 0.15) is 5.82 Å². The van der Waals surface area contributed by atoms with Crippen molar-refractivity contribution in [1.82, 2.24) is 5.32 Å². The summed E-state index contributed by atoms with van der Waals surface area (Å²) in [4.78, 5) is -0.194. The molecule has 1 heterocycles. The number of halogens is 1. The Hall–Kier alpha value is -0.480. The Bertz CT molecular complexity index is 256. The molecule has 0 saturated carbocycles. The van der Waals surface area contributed by atoms with Crippen LogP contribution in [0.4, 0.5) is 0 Å². The fraction of sp³-hybridized carbons (Fsp3) is 0.556. The monoisotopic (exact) mass is 245 g/mol. The molecule has 0 saturated heterocycles. The van der Waals surface area contributed by atoms with E-state index < -0.39 is 0 Å². The number of hydrogen-bond acceptors (Lipinski definition) is 3. The van der Waals surface area contributed by atoms with Crippen molar-refractivity contribution in [3.8, 4) is 0 Å². The van der Waals surface area contributed by atoms with Gasteiger partial charge < -0.3 is 16.8 Å². The van der Waals surface area contributed by atoms with Crippen LogP contribution >= 0.6 is 15.9 Å². The maximum atomic E-state index is 5.82. The summed E-state index contributed by atoms with van der Waals surface area (Å²) in [6.45, 7) is 5.13. The Morgan fingerprint density at radius 3 is 2.85 bits per heavy atom. The molecule has 1 aliphatic heterocycles. The molecule has 3 nitrogen and oxygen atoms in total. The van der Waals surface area contributed by atoms with Crippen molar-refractivity contribution in [2.75, 3.05) is 6.54 Å². The number of nitrogens with two attached hydrogens (primary N) is 2. The van der Waals surface area contributed by atoms with Crippen molar-refractivity contribution in [1.29, 1.82) is 0 Å². The average Bonchev–Trinajstić information content (AvgIpc) is 2.18. The first-order valence-electron chi connectivity index (χ1n) is 4.33. The first kappa shape index (κ1) is 10.6. The first-order valence-corrected chi connectivity index (χ1v) is 5.25. The molecular weight excluding hydrogens is 230 g/mol. The zero-order valence-corrected chi connectivity index (χ0v) is 9.56. The lowest BCUT2D eigenvalue weighted by atomic mass is 10.0. The topological polar surface area (TPSA) is 64.1 Å². The van der Waals surface area contributed by atoms with Crippen molar-refractivity contribution in [2.45, 2.75) is 18.8 Å². The molecule has 2 unspecified atom stereocenters. The van der Waals surface area contributed by atoms with E-state index >= 15 is 0 Å². The van der Waals surface area contributed by atoms with E-state index in [1.54, 1.807) is 0 Å². The lowest BCUT2D eigenvalue weighted by Crippen LogP contribution is -2.28. The SMILES string of the molecule is CC1=CC(C(N)Br)=C(N)NCC1C. The minimum atomic E-state index is -0.194. The van der Waals surface area contributed by atoms with Gasteiger partial charge in [-0.05, 0) is 12.8 Å². The van der Waals surface area contributed by atoms with Crippen LogP contribution in [0.2, 0.25) is 0 Å². The Morgan fingerprint density at radius 1 is 1.69 bits per heavy atom. The van der Waals surface area contributed by atoms with Crippen molar-refractivity contribution >= 4 is 15.9 Å². The van der Waals surface area contributed by atoms with Crippen LogP contribution in [0, 0.1) is 5.92 Å². The summed E-state index contributed by atoms with van der Waals surface area (Å²) in [6, 6.07) is 0. The normalized spacial score (nSPS) is 26.2. The molecule has 0 amide bonds. The van der Waals surface area contributed by atoms with E-state index in [9.17, 15) is 0 Å². The Balaban J connectivity index is 2.98. The maximum absolute atomic E-state index is 5.82. The maximum Gasteiger partial charge on any atom is 0.102 e. The van der Waals surface area contributed by atoms with Crippen LogP contribution in [0.5, 0.6) is 0 Å². The summed E-state index contributed by atoms with van der Waals surface area (Å²) >= 11 is 3.31. The van der Waals surface area contributed by atoms with Gasteiger partial charge in [0.15, 0.2) is 0 Å². The molecule has 0 aromatic rings. The molecule has 2 atom stereocenters. The van der Waals surface area contributed by atoms with Gasteiger partial charge in [-0.1, -0.05) is 34.5 Å². The van der Waals surface area contributed by atoms with Crippen molar-refractivity contribution in [2.24, 2.45) is 17.4 Å². The molecule has 0 fully saturated rings. The van der Waals surface area contributed by atoms with Crippen LogP contribution in [-0.2, 0) is 0 Å². The molecule has 4 heteroatoms. The third kappa shape index (κ3) is 2.48. The first-order chi connectivity index (χ1) is 6.02. The molecule has 0 bridgehead atoms. The van der Waals surface area contributed by atoms with Crippen molar-refractivity contribution < 1.29 is 0 Å². The van der Waals surface area contributed by atoms with E-state index in [1.165, 1.54) is 5.57 Å². The van der Waals surface area contributed by atoms with Gasteiger partial charge in [0.2, 0.25) is 0 Å². The molecule has 74 valence electrons. The Morgan fingerprint density at radius 2 is 2.31 bits per heavy atom. The van der Waals surface area contributed by atoms with E-state index in [4.69, 9.17) is 11.5 Å². The van der Waals surface area contributed by atoms with Gasteiger partial charge in [-0.25, -0.2) is 0 Å². The molecule has 0 aliphatic carbocycles. The minimum absolute atomic E-state index is 0.194. The molecule has 0 radical (unpaired) electrons. The summed E-state index contributed by atoms with van der Waals surface area (Å²) in [6.07, 6.45) is 2.05. The van der Waals surface area contributed by atoms with Crippen molar-refractivity contribution in [3.63, 3.8) is 0 Å². The zero-order chi connectivity index (χ0) is 10.0. The van der Waals surface area contributed by atoms with Gasteiger partial charge in [0.05, 0.1) is 4.95 Å². The highest BCUT2D eigenvalue weighted by molar-refractivity contribution is 9.09. The third-order valence-electron chi connectivity index (χ3n) is 2.37. The Labute approximate surface area is 87.4 Å². The summed E-state index contributed by atoms with van der Waals surface area (Å²) in [5.41, 5.74) is 13.8. The van der Waals surface area contributed by atoms with Gasteiger partial charge in [-0.2, -0.15) is 0 Å². The predicted octanol–water partition coefficient (Wildman–Crippen LogP) is 1.02. The highest BCUT2D eigenvalue weighted by atomic mass is 79.9. The van der Waals surface area contributed by atoms with E-state index in [2.05, 4.69) is 41.2 Å². The van der Waals surface area contributed by atoms with Crippen LogP contribution in [0.25, 0.3) is 0 Å². The molecule has 0 spiro atoms. The fourth-order valence-electron chi connectivity index (χ4n) is 1.22. The molecular formula is C9H16BrN3. The van der Waals surface area contributed by atoms with E-state index in [0.717, 1.165) is 12.1 Å². The highest BCUT2D eigenvalue weighted by Crippen LogP contribution is 2.19. The fourth-order valence-corrected chi connectivity index (χ4v) is 1.60. The molecule has 5 N–H and O–H groups in total. The minimum Gasteiger partial charge on any atom is -0.385 e. The standard InChI is InChI=1S/C9H16BrN3/c1-5-3-7(8(10)11)9(12)13-4-6(5)2/h3,6,8,13H,4,11-12H2,1-2H3. The lowest BCUT2D eigenvalue weighted by molar-refractivity contribution is 0.623. The largest absolute Gasteiger partial charge is 0.385 e. The molecule has 1 aliphatic rings. The average molecular weight is 246 g/mol. The number of hydrogen-bond donors (Lipinski definition) is 3. The summed E-state index contributed by atoms with van der Waals surface area (Å²) in [5, 5.41) is 3.15. The van der Waals surface area contributed by atoms with E-state index in [-0.39, 0.29) is 4.95 Å². The van der Waals surface area contributed by atoms with Crippen LogP contribution < -0.4 is 16.8 Å². The summed E-state index contributed by atoms with van der Waals surface area (Å²) in [5.74, 6) is 1.18. The van der Waals surface area contributed by atoms with Crippen LogP contribution in [0.3, 0.4) is 0 Å². The van der Waals surface area contributed by atoms with Gasteiger partial charge in [0, 0.05) is 12.1 Å². The lowest BCUT2D eigenvalue weighted by Gasteiger charge is -2.10. The quantitative estimate of drug-likeness (QED) is 0.478.